The number of benzene rings is 1. The monoisotopic (exact) mass is 277 g/mol. The quantitative estimate of drug-likeness (QED) is 0.806. The highest BCUT2D eigenvalue weighted by Crippen LogP contribution is 2.25. The first-order chi connectivity index (χ1) is 9.52. The molecule has 1 saturated heterocycles. The molecule has 0 saturated carbocycles. The summed E-state index contributed by atoms with van der Waals surface area (Å²) in [6, 6.07) is 5.91. The van der Waals surface area contributed by atoms with E-state index >= 15 is 0 Å². The third-order valence-electron chi connectivity index (χ3n) is 4.51. The molecule has 0 radical (unpaired) electrons. The molecular weight excluding hydrogens is 253 g/mol. The van der Waals surface area contributed by atoms with Crippen molar-refractivity contribution in [2.24, 2.45) is 5.92 Å². The van der Waals surface area contributed by atoms with Gasteiger partial charge in [-0.05, 0) is 55.4 Å². The predicted octanol–water partition coefficient (Wildman–Crippen LogP) is 0.995. The minimum Gasteiger partial charge on any atom is -0.497 e. The Balaban J connectivity index is 2.22. The second-order valence-electron chi connectivity index (χ2n) is 5.77. The van der Waals surface area contributed by atoms with Gasteiger partial charge < -0.3 is 14.8 Å². The van der Waals surface area contributed by atoms with Crippen LogP contribution in [0.2, 0.25) is 0 Å². The summed E-state index contributed by atoms with van der Waals surface area (Å²) in [5, 5.41) is 19.0. The molecule has 1 fully saturated rings. The lowest BCUT2D eigenvalue weighted by atomic mass is 9.76. The minimum atomic E-state index is -1.44. The first-order valence-electron chi connectivity index (χ1n) is 7.30. The molecule has 1 aliphatic rings. The van der Waals surface area contributed by atoms with Gasteiger partial charge in [-0.15, -0.1) is 0 Å². The van der Waals surface area contributed by atoms with Gasteiger partial charge in [-0.25, -0.2) is 0 Å². The van der Waals surface area contributed by atoms with Crippen LogP contribution in [0.1, 0.15) is 32.3 Å². The van der Waals surface area contributed by atoms with Gasteiger partial charge in [0.25, 0.3) is 0 Å². The molecule has 5 heteroatoms. The van der Waals surface area contributed by atoms with E-state index in [0.29, 0.717) is 17.4 Å². The van der Waals surface area contributed by atoms with E-state index in [9.17, 15) is 10.0 Å². The van der Waals surface area contributed by atoms with Crippen molar-refractivity contribution in [3.63, 3.8) is 0 Å². The third kappa shape index (κ3) is 3.34. The Bertz CT molecular complexity index is 453. The molecule has 0 aliphatic carbocycles. The summed E-state index contributed by atoms with van der Waals surface area (Å²) in [6.45, 7) is 6.32. The summed E-state index contributed by atoms with van der Waals surface area (Å²) < 4.78 is 5.24. The van der Waals surface area contributed by atoms with Crippen LogP contribution in [0.25, 0.3) is 0 Å². The zero-order chi connectivity index (χ0) is 14.7. The van der Waals surface area contributed by atoms with Gasteiger partial charge in [-0.2, -0.15) is 0 Å². The number of nitrogens with zero attached hydrogens (tertiary/aromatic N) is 1. The molecule has 20 heavy (non-hydrogen) atoms. The van der Waals surface area contributed by atoms with Crippen molar-refractivity contribution >= 4 is 12.6 Å². The Hall–Kier alpha value is -1.04. The van der Waals surface area contributed by atoms with E-state index in [1.807, 2.05) is 6.07 Å². The molecule has 1 aromatic rings. The van der Waals surface area contributed by atoms with Gasteiger partial charge in [0.05, 0.1) is 7.11 Å². The van der Waals surface area contributed by atoms with Gasteiger partial charge in [0, 0.05) is 12.6 Å². The van der Waals surface area contributed by atoms with E-state index in [2.05, 4.69) is 18.7 Å². The molecule has 1 heterocycles. The van der Waals surface area contributed by atoms with Crippen molar-refractivity contribution in [1.29, 1.82) is 0 Å². The van der Waals surface area contributed by atoms with Gasteiger partial charge in [0.2, 0.25) is 0 Å². The maximum atomic E-state index is 9.51. The second-order valence-corrected chi connectivity index (χ2v) is 5.77. The summed E-state index contributed by atoms with van der Waals surface area (Å²) in [5.41, 5.74) is 1.50. The second kappa shape index (κ2) is 6.61. The van der Waals surface area contributed by atoms with Crippen LogP contribution in [0.15, 0.2) is 18.2 Å². The molecule has 1 aromatic carbocycles. The predicted molar refractivity (Wildman–Crippen MR) is 81.1 cm³/mol. The molecule has 2 rings (SSSR count). The first kappa shape index (κ1) is 15.4. The third-order valence-corrected chi connectivity index (χ3v) is 4.51. The number of ether oxygens (including phenoxy) is 1. The van der Waals surface area contributed by atoms with Crippen LogP contribution in [0.3, 0.4) is 0 Å². The topological polar surface area (TPSA) is 52.9 Å². The smallest absolute Gasteiger partial charge is 0.488 e. The lowest BCUT2D eigenvalue weighted by Crippen LogP contribution is -2.44. The molecule has 0 aromatic heterocycles. The molecule has 2 N–H and O–H groups in total. The Morgan fingerprint density at radius 2 is 2.10 bits per heavy atom. The lowest BCUT2D eigenvalue weighted by molar-refractivity contribution is 0.107. The van der Waals surface area contributed by atoms with Gasteiger partial charge >= 0.3 is 7.12 Å². The van der Waals surface area contributed by atoms with E-state index in [1.54, 1.807) is 19.2 Å². The van der Waals surface area contributed by atoms with E-state index in [0.717, 1.165) is 24.4 Å². The number of hydrogen-bond acceptors (Lipinski definition) is 4. The highest BCUT2D eigenvalue weighted by molar-refractivity contribution is 6.59. The molecule has 4 nitrogen and oxygen atoms in total. The maximum absolute atomic E-state index is 9.51. The van der Waals surface area contributed by atoms with Gasteiger partial charge in [-0.3, -0.25) is 4.90 Å². The largest absolute Gasteiger partial charge is 0.497 e. The SMILES string of the molecule is COc1ccc(B(O)O)c(CN2CCCC(C)C2C)c1. The minimum absolute atomic E-state index is 0.513. The Morgan fingerprint density at radius 1 is 1.35 bits per heavy atom. The molecule has 1 aliphatic heterocycles. The van der Waals surface area contributed by atoms with Crippen molar-refractivity contribution in [2.45, 2.75) is 39.3 Å². The fourth-order valence-electron chi connectivity index (χ4n) is 2.96. The van der Waals surface area contributed by atoms with Crippen LogP contribution >= 0.6 is 0 Å². The fourth-order valence-corrected chi connectivity index (χ4v) is 2.96. The molecule has 2 atom stereocenters. The van der Waals surface area contributed by atoms with E-state index in [1.165, 1.54) is 12.8 Å². The lowest BCUT2D eigenvalue weighted by Gasteiger charge is -2.38. The van der Waals surface area contributed by atoms with Crippen LogP contribution in [0.4, 0.5) is 0 Å². The highest BCUT2D eigenvalue weighted by atomic mass is 16.5. The van der Waals surface area contributed by atoms with Gasteiger partial charge in [-0.1, -0.05) is 13.0 Å². The number of hydrogen-bond donors (Lipinski definition) is 2. The van der Waals surface area contributed by atoms with Crippen molar-refractivity contribution in [3.8, 4) is 5.75 Å². The van der Waals surface area contributed by atoms with Crippen LogP contribution in [0.5, 0.6) is 5.75 Å². The summed E-state index contributed by atoms with van der Waals surface area (Å²) in [4.78, 5) is 2.41. The average Bonchev–Trinajstić information content (AvgIpc) is 2.43. The number of methoxy groups -OCH3 is 1. The zero-order valence-electron chi connectivity index (χ0n) is 12.5. The van der Waals surface area contributed by atoms with Crippen molar-refractivity contribution in [1.82, 2.24) is 4.90 Å². The molecule has 0 spiro atoms. The van der Waals surface area contributed by atoms with Crippen LogP contribution in [0, 0.1) is 5.92 Å². The van der Waals surface area contributed by atoms with E-state index < -0.39 is 7.12 Å². The first-order valence-corrected chi connectivity index (χ1v) is 7.30. The highest BCUT2D eigenvalue weighted by Gasteiger charge is 2.26. The normalized spacial score (nSPS) is 23.6. The Labute approximate surface area is 121 Å². The molecular formula is C15H24BNO3. The summed E-state index contributed by atoms with van der Waals surface area (Å²) in [6.07, 6.45) is 2.47. The van der Waals surface area contributed by atoms with Crippen LogP contribution in [-0.2, 0) is 6.54 Å². The van der Waals surface area contributed by atoms with Crippen molar-refractivity contribution in [2.75, 3.05) is 13.7 Å². The van der Waals surface area contributed by atoms with Gasteiger partial charge in [0.1, 0.15) is 5.75 Å². The molecule has 0 amide bonds. The molecule has 110 valence electrons. The Kier molecular flexibility index (Phi) is 5.08. The number of piperidine rings is 1. The maximum Gasteiger partial charge on any atom is 0.488 e. The van der Waals surface area contributed by atoms with Crippen molar-refractivity contribution in [3.05, 3.63) is 23.8 Å². The summed E-state index contributed by atoms with van der Waals surface area (Å²) in [7, 11) is 0.188. The van der Waals surface area contributed by atoms with Crippen molar-refractivity contribution < 1.29 is 14.8 Å². The average molecular weight is 277 g/mol. The molecule has 2 unspecified atom stereocenters. The fraction of sp³-hybridized carbons (Fsp3) is 0.600. The van der Waals surface area contributed by atoms with Gasteiger partial charge in [0.15, 0.2) is 0 Å². The number of rotatable bonds is 4. The van der Waals surface area contributed by atoms with E-state index in [-0.39, 0.29) is 0 Å². The summed E-state index contributed by atoms with van der Waals surface area (Å²) >= 11 is 0. The van der Waals surface area contributed by atoms with Crippen LogP contribution < -0.4 is 10.2 Å². The summed E-state index contributed by atoms with van der Waals surface area (Å²) in [5.74, 6) is 1.43. The Morgan fingerprint density at radius 3 is 2.75 bits per heavy atom. The zero-order valence-corrected chi connectivity index (χ0v) is 12.5. The molecule has 0 bridgehead atoms. The standard InChI is InChI=1S/C15H24BNO3/c1-11-5-4-8-17(12(11)2)10-13-9-14(20-3)6-7-15(13)16(18)19/h6-7,9,11-12,18-19H,4-5,8,10H2,1-3H3. The van der Waals surface area contributed by atoms with E-state index in [4.69, 9.17) is 4.74 Å². The van der Waals surface area contributed by atoms with Crippen LogP contribution in [-0.4, -0.2) is 41.8 Å². The number of likely N-dealkylation sites (tertiary alicyclic amines) is 1.